The molecule has 21 heavy (non-hydrogen) atoms. The molecule has 3 heterocycles. The van der Waals surface area contributed by atoms with Crippen LogP contribution >= 0.6 is 0 Å². The number of aryl methyl sites for hydroxylation is 1. The molecular weight excluding hydrogens is 262 g/mol. The Labute approximate surface area is 128 Å². The molecule has 5 heteroatoms. The molecule has 118 valence electrons. The van der Waals surface area contributed by atoms with Gasteiger partial charge in [0.1, 0.15) is 12.2 Å². The van der Waals surface area contributed by atoms with Crippen molar-refractivity contribution in [3.8, 4) is 0 Å². The zero-order chi connectivity index (χ0) is 14.8. The summed E-state index contributed by atoms with van der Waals surface area (Å²) in [5.74, 6) is 1.91. The van der Waals surface area contributed by atoms with Crippen LogP contribution in [0.15, 0.2) is 6.33 Å². The van der Waals surface area contributed by atoms with Crippen LogP contribution in [0.2, 0.25) is 0 Å². The summed E-state index contributed by atoms with van der Waals surface area (Å²) < 4.78 is 2.08. The van der Waals surface area contributed by atoms with Crippen LogP contribution in [-0.4, -0.2) is 51.9 Å². The lowest BCUT2D eigenvalue weighted by molar-refractivity contribution is 0.113. The molecule has 0 radical (unpaired) electrons. The minimum atomic E-state index is 0.529. The van der Waals surface area contributed by atoms with Gasteiger partial charge in [-0.3, -0.25) is 4.68 Å². The SMILES string of the molecule is CCCn1ncnc1CC(NC)C1CC2CCC(C1)N2C. The van der Waals surface area contributed by atoms with E-state index in [9.17, 15) is 0 Å². The lowest BCUT2D eigenvalue weighted by atomic mass is 9.83. The van der Waals surface area contributed by atoms with Crippen LogP contribution < -0.4 is 5.32 Å². The highest BCUT2D eigenvalue weighted by Gasteiger charge is 2.40. The van der Waals surface area contributed by atoms with Crippen molar-refractivity contribution < 1.29 is 0 Å². The van der Waals surface area contributed by atoms with Gasteiger partial charge in [0.05, 0.1) is 0 Å². The maximum atomic E-state index is 4.49. The second-order valence-corrected chi connectivity index (χ2v) is 6.78. The smallest absolute Gasteiger partial charge is 0.138 e. The molecule has 3 unspecified atom stereocenters. The van der Waals surface area contributed by atoms with E-state index in [0.29, 0.717) is 6.04 Å². The van der Waals surface area contributed by atoms with Crippen molar-refractivity contribution in [1.29, 1.82) is 0 Å². The predicted octanol–water partition coefficient (Wildman–Crippen LogP) is 1.69. The number of nitrogens with zero attached hydrogens (tertiary/aromatic N) is 4. The Bertz CT molecular complexity index is 443. The standard InChI is InChI=1S/C16H29N5/c1-4-7-21-16(18-11-19-21)10-15(17-2)12-8-13-5-6-14(9-12)20(13)3/h11-15,17H,4-10H2,1-3H3. The van der Waals surface area contributed by atoms with Gasteiger partial charge in [0.25, 0.3) is 0 Å². The van der Waals surface area contributed by atoms with Gasteiger partial charge in [0, 0.05) is 31.1 Å². The summed E-state index contributed by atoms with van der Waals surface area (Å²) in [7, 11) is 4.41. The number of hydrogen-bond donors (Lipinski definition) is 1. The first kappa shape index (κ1) is 15.0. The highest BCUT2D eigenvalue weighted by Crippen LogP contribution is 2.39. The van der Waals surface area contributed by atoms with E-state index in [1.165, 1.54) is 25.7 Å². The quantitative estimate of drug-likeness (QED) is 0.866. The molecule has 2 saturated heterocycles. The van der Waals surface area contributed by atoms with Gasteiger partial charge in [-0.05, 0) is 52.1 Å². The largest absolute Gasteiger partial charge is 0.316 e. The van der Waals surface area contributed by atoms with Crippen molar-refractivity contribution in [2.75, 3.05) is 14.1 Å². The number of hydrogen-bond acceptors (Lipinski definition) is 4. The summed E-state index contributed by atoms with van der Waals surface area (Å²) in [5.41, 5.74) is 0. The number of rotatable bonds is 6. The third-order valence-electron chi connectivity index (χ3n) is 5.61. The number of aromatic nitrogens is 3. The minimum Gasteiger partial charge on any atom is -0.316 e. The molecule has 2 bridgehead atoms. The first-order valence-electron chi connectivity index (χ1n) is 8.48. The first-order chi connectivity index (χ1) is 10.2. The number of fused-ring (bicyclic) bond motifs is 2. The van der Waals surface area contributed by atoms with Crippen molar-refractivity contribution in [2.24, 2.45) is 5.92 Å². The van der Waals surface area contributed by atoms with Crippen molar-refractivity contribution in [2.45, 2.75) is 70.1 Å². The normalized spacial score (nSPS) is 30.7. The summed E-state index contributed by atoms with van der Waals surface area (Å²) in [6.07, 6.45) is 9.26. The first-order valence-corrected chi connectivity index (χ1v) is 8.48. The zero-order valence-corrected chi connectivity index (χ0v) is 13.6. The molecular formula is C16H29N5. The molecule has 0 amide bonds. The second-order valence-electron chi connectivity index (χ2n) is 6.78. The van der Waals surface area contributed by atoms with Crippen LogP contribution in [0, 0.1) is 5.92 Å². The van der Waals surface area contributed by atoms with Crippen LogP contribution in [-0.2, 0) is 13.0 Å². The molecule has 0 saturated carbocycles. The van der Waals surface area contributed by atoms with Crippen molar-refractivity contribution >= 4 is 0 Å². The fraction of sp³-hybridized carbons (Fsp3) is 0.875. The van der Waals surface area contributed by atoms with E-state index in [0.717, 1.165) is 43.2 Å². The van der Waals surface area contributed by atoms with Crippen molar-refractivity contribution in [3.63, 3.8) is 0 Å². The van der Waals surface area contributed by atoms with Crippen LogP contribution in [0.25, 0.3) is 0 Å². The fourth-order valence-electron chi connectivity index (χ4n) is 4.33. The summed E-state index contributed by atoms with van der Waals surface area (Å²) >= 11 is 0. The predicted molar refractivity (Wildman–Crippen MR) is 84.2 cm³/mol. The van der Waals surface area contributed by atoms with E-state index in [2.05, 4.69) is 46.0 Å². The molecule has 0 spiro atoms. The Morgan fingerprint density at radius 3 is 2.67 bits per heavy atom. The Balaban J connectivity index is 1.67. The molecule has 0 aromatic carbocycles. The molecule has 1 N–H and O–H groups in total. The van der Waals surface area contributed by atoms with Gasteiger partial charge in [0.2, 0.25) is 0 Å². The topological polar surface area (TPSA) is 46.0 Å². The Morgan fingerprint density at radius 1 is 1.33 bits per heavy atom. The number of nitrogens with one attached hydrogen (secondary N) is 1. The van der Waals surface area contributed by atoms with E-state index in [4.69, 9.17) is 0 Å². The number of piperidine rings is 1. The summed E-state index contributed by atoms with van der Waals surface area (Å²) in [6.45, 7) is 3.17. The van der Waals surface area contributed by atoms with Gasteiger partial charge in [-0.2, -0.15) is 5.10 Å². The molecule has 1 aromatic heterocycles. The Kier molecular flexibility index (Phi) is 4.60. The van der Waals surface area contributed by atoms with E-state index in [1.54, 1.807) is 6.33 Å². The lowest BCUT2D eigenvalue weighted by Gasteiger charge is -2.39. The Morgan fingerprint density at radius 2 is 2.05 bits per heavy atom. The van der Waals surface area contributed by atoms with E-state index in [-0.39, 0.29) is 0 Å². The van der Waals surface area contributed by atoms with Gasteiger partial charge >= 0.3 is 0 Å². The molecule has 2 fully saturated rings. The third kappa shape index (κ3) is 2.99. The van der Waals surface area contributed by atoms with Crippen LogP contribution in [0.5, 0.6) is 0 Å². The lowest BCUT2D eigenvalue weighted by Crippen LogP contribution is -2.47. The Hall–Kier alpha value is -0.940. The maximum Gasteiger partial charge on any atom is 0.138 e. The average molecular weight is 291 g/mol. The molecule has 1 aromatic rings. The maximum absolute atomic E-state index is 4.49. The fourth-order valence-corrected chi connectivity index (χ4v) is 4.33. The summed E-state index contributed by atoms with van der Waals surface area (Å²) in [6, 6.07) is 2.14. The van der Waals surface area contributed by atoms with Crippen molar-refractivity contribution in [3.05, 3.63) is 12.2 Å². The second kappa shape index (κ2) is 6.44. The van der Waals surface area contributed by atoms with Crippen LogP contribution in [0.1, 0.15) is 44.9 Å². The molecule has 0 aliphatic carbocycles. The molecule has 3 atom stereocenters. The molecule has 5 nitrogen and oxygen atoms in total. The van der Waals surface area contributed by atoms with Gasteiger partial charge in [-0.15, -0.1) is 0 Å². The van der Waals surface area contributed by atoms with Gasteiger partial charge in [-0.1, -0.05) is 6.92 Å². The van der Waals surface area contributed by atoms with Crippen molar-refractivity contribution in [1.82, 2.24) is 25.0 Å². The summed E-state index contributed by atoms with van der Waals surface area (Å²) in [5, 5.41) is 7.93. The highest BCUT2D eigenvalue weighted by atomic mass is 15.3. The van der Waals surface area contributed by atoms with Gasteiger partial charge < -0.3 is 10.2 Å². The van der Waals surface area contributed by atoms with E-state index < -0.39 is 0 Å². The highest BCUT2D eigenvalue weighted by molar-refractivity contribution is 4.99. The van der Waals surface area contributed by atoms with E-state index in [1.807, 2.05) is 0 Å². The monoisotopic (exact) mass is 291 g/mol. The van der Waals surface area contributed by atoms with Crippen LogP contribution in [0.4, 0.5) is 0 Å². The minimum absolute atomic E-state index is 0.529. The molecule has 2 aliphatic rings. The number of likely N-dealkylation sites (N-methyl/N-ethyl adjacent to an activating group) is 1. The van der Waals surface area contributed by atoms with Crippen LogP contribution in [0.3, 0.4) is 0 Å². The average Bonchev–Trinajstić information content (AvgIpc) is 2.97. The summed E-state index contributed by atoms with van der Waals surface area (Å²) in [4.78, 5) is 7.10. The van der Waals surface area contributed by atoms with Gasteiger partial charge in [-0.25, -0.2) is 4.98 Å². The van der Waals surface area contributed by atoms with Gasteiger partial charge in [0.15, 0.2) is 0 Å². The molecule has 2 aliphatic heterocycles. The zero-order valence-electron chi connectivity index (χ0n) is 13.6. The van der Waals surface area contributed by atoms with E-state index >= 15 is 0 Å². The third-order valence-corrected chi connectivity index (χ3v) is 5.61. The molecule has 3 rings (SSSR count).